The molecular weight excluding hydrogens is 422 g/mol. The molecule has 1 aromatic heterocycles. The quantitative estimate of drug-likeness (QED) is 0.365. The number of benzene rings is 3. The first-order chi connectivity index (χ1) is 16.7. The van der Waals surface area contributed by atoms with E-state index in [1.165, 1.54) is 5.56 Å². The van der Waals surface area contributed by atoms with Gasteiger partial charge in [0.15, 0.2) is 0 Å². The lowest BCUT2D eigenvalue weighted by molar-refractivity contribution is 0.102. The molecule has 0 aliphatic heterocycles. The molecule has 5 rings (SSSR count). The highest BCUT2D eigenvalue weighted by atomic mass is 16.5. The Morgan fingerprint density at radius 1 is 0.912 bits per heavy atom. The number of carbonyl (C=O) groups is 1. The fourth-order valence-electron chi connectivity index (χ4n) is 4.14. The number of nitrogens with one attached hydrogen (secondary N) is 2. The van der Waals surface area contributed by atoms with E-state index in [4.69, 9.17) is 4.74 Å². The van der Waals surface area contributed by atoms with E-state index in [2.05, 4.69) is 39.9 Å². The van der Waals surface area contributed by atoms with E-state index in [0.717, 1.165) is 35.3 Å². The largest absolute Gasteiger partial charge is 0.481 e. The van der Waals surface area contributed by atoms with E-state index in [1.807, 2.05) is 72.9 Å². The van der Waals surface area contributed by atoms with Crippen LogP contribution in [-0.4, -0.2) is 24.0 Å². The zero-order chi connectivity index (χ0) is 23.3. The first-order valence-corrected chi connectivity index (χ1v) is 11.5. The van der Waals surface area contributed by atoms with Gasteiger partial charge in [0.2, 0.25) is 5.88 Å². The van der Waals surface area contributed by atoms with Gasteiger partial charge in [-0.15, -0.1) is 0 Å². The number of rotatable bonds is 8. The van der Waals surface area contributed by atoms with Gasteiger partial charge in [0, 0.05) is 42.0 Å². The van der Waals surface area contributed by atoms with Gasteiger partial charge in [-0.3, -0.25) is 4.79 Å². The van der Waals surface area contributed by atoms with Crippen LogP contribution in [-0.2, 0) is 6.54 Å². The van der Waals surface area contributed by atoms with Crippen molar-refractivity contribution in [1.82, 2.24) is 10.3 Å². The zero-order valence-electron chi connectivity index (χ0n) is 19.1. The average molecular weight is 450 g/mol. The number of carbonyl (C=O) groups excluding carboxylic acids is 1. The third-order valence-electron chi connectivity index (χ3n) is 6.22. The Balaban J connectivity index is 1.13. The van der Waals surface area contributed by atoms with Gasteiger partial charge in [-0.05, 0) is 52.9 Å². The van der Waals surface area contributed by atoms with E-state index in [-0.39, 0.29) is 5.91 Å². The molecule has 1 aliphatic rings. The lowest BCUT2D eigenvalue weighted by Gasteiger charge is -2.08. The van der Waals surface area contributed by atoms with E-state index < -0.39 is 0 Å². The van der Waals surface area contributed by atoms with Crippen LogP contribution in [0.1, 0.15) is 33.8 Å². The van der Waals surface area contributed by atoms with E-state index in [9.17, 15) is 4.79 Å². The van der Waals surface area contributed by atoms with Crippen LogP contribution in [0.25, 0.3) is 11.1 Å². The fraction of sp³-hybridized carbons (Fsp3) is 0.172. The third kappa shape index (κ3) is 5.16. The molecule has 3 aromatic carbocycles. The summed E-state index contributed by atoms with van der Waals surface area (Å²) in [6.07, 6.45) is 2.96. The van der Waals surface area contributed by atoms with Crippen LogP contribution in [0, 0.1) is 0 Å². The number of pyridine rings is 1. The number of aromatic nitrogens is 1. The molecule has 5 nitrogen and oxygen atoms in total. The van der Waals surface area contributed by atoms with E-state index in [0.29, 0.717) is 23.4 Å². The Morgan fingerprint density at radius 2 is 1.65 bits per heavy atom. The third-order valence-corrected chi connectivity index (χ3v) is 6.22. The Kier molecular flexibility index (Phi) is 6.36. The van der Waals surface area contributed by atoms with Crippen LogP contribution in [0.3, 0.4) is 0 Å². The molecule has 0 saturated heterocycles. The summed E-state index contributed by atoms with van der Waals surface area (Å²) in [4.78, 5) is 16.9. The van der Waals surface area contributed by atoms with Crippen molar-refractivity contribution in [2.75, 3.05) is 12.4 Å². The summed E-state index contributed by atoms with van der Waals surface area (Å²) in [5, 5.41) is 6.59. The number of anilines is 1. The van der Waals surface area contributed by atoms with Gasteiger partial charge in [0.25, 0.3) is 5.91 Å². The molecule has 0 bridgehead atoms. The maximum absolute atomic E-state index is 12.7. The van der Waals surface area contributed by atoms with Gasteiger partial charge in [0.05, 0.1) is 7.11 Å². The average Bonchev–Trinajstić information content (AvgIpc) is 3.68. The van der Waals surface area contributed by atoms with Crippen LogP contribution in [0.5, 0.6) is 5.88 Å². The Hall–Kier alpha value is -3.96. The molecule has 34 heavy (non-hydrogen) atoms. The summed E-state index contributed by atoms with van der Waals surface area (Å²) >= 11 is 0. The van der Waals surface area contributed by atoms with Crippen molar-refractivity contribution in [3.63, 3.8) is 0 Å². The van der Waals surface area contributed by atoms with Crippen LogP contribution < -0.4 is 15.4 Å². The van der Waals surface area contributed by atoms with Gasteiger partial charge < -0.3 is 15.4 Å². The minimum atomic E-state index is -0.105. The van der Waals surface area contributed by atoms with Crippen LogP contribution in [0.4, 0.5) is 5.69 Å². The van der Waals surface area contributed by atoms with Crippen molar-refractivity contribution < 1.29 is 9.53 Å². The highest BCUT2D eigenvalue weighted by Crippen LogP contribution is 2.41. The van der Waals surface area contributed by atoms with Crippen LogP contribution in [0.15, 0.2) is 97.2 Å². The Labute approximate surface area is 199 Å². The van der Waals surface area contributed by atoms with Crippen molar-refractivity contribution in [3.8, 4) is 17.0 Å². The Morgan fingerprint density at radius 3 is 2.32 bits per heavy atom. The highest BCUT2D eigenvalue weighted by molar-refractivity contribution is 6.04. The zero-order valence-corrected chi connectivity index (χ0v) is 19.1. The predicted molar refractivity (Wildman–Crippen MR) is 135 cm³/mol. The van der Waals surface area contributed by atoms with E-state index >= 15 is 0 Å². The SMILES string of the molecule is COc1ccc(CNC2CC2c2ccc(NC(=O)c3ccc(-c4ccccc4)cc3)cc2)cn1. The van der Waals surface area contributed by atoms with Crippen molar-refractivity contribution in [3.05, 3.63) is 114 Å². The Bertz CT molecular complexity index is 1240. The van der Waals surface area contributed by atoms with Crippen molar-refractivity contribution in [1.29, 1.82) is 0 Å². The standard InChI is InChI=1S/C29H27N3O2/c1-34-28-16-7-20(19-31-28)18-30-27-17-26(27)23-12-14-25(15-13-23)32-29(33)24-10-8-22(9-11-24)21-5-3-2-4-6-21/h2-16,19,26-27,30H,17-18H2,1H3,(H,32,33). The van der Waals surface area contributed by atoms with Crippen molar-refractivity contribution in [2.24, 2.45) is 0 Å². The summed E-state index contributed by atoms with van der Waals surface area (Å²) < 4.78 is 5.10. The fourth-order valence-corrected chi connectivity index (χ4v) is 4.14. The van der Waals surface area contributed by atoms with Gasteiger partial charge in [-0.1, -0.05) is 60.7 Å². The number of methoxy groups -OCH3 is 1. The summed E-state index contributed by atoms with van der Waals surface area (Å²) in [5.74, 6) is 1.03. The molecule has 1 amide bonds. The van der Waals surface area contributed by atoms with Crippen molar-refractivity contribution >= 4 is 11.6 Å². The second kappa shape index (κ2) is 9.89. The van der Waals surface area contributed by atoms with Crippen LogP contribution >= 0.6 is 0 Å². The first-order valence-electron chi connectivity index (χ1n) is 11.5. The molecule has 5 heteroatoms. The van der Waals surface area contributed by atoms with Gasteiger partial charge in [0.1, 0.15) is 0 Å². The molecule has 170 valence electrons. The molecule has 4 aromatic rings. The maximum atomic E-state index is 12.7. The molecule has 1 aliphatic carbocycles. The van der Waals surface area contributed by atoms with Crippen molar-refractivity contribution in [2.45, 2.75) is 24.9 Å². The molecule has 2 unspecified atom stereocenters. The minimum Gasteiger partial charge on any atom is -0.481 e. The second-order valence-electron chi connectivity index (χ2n) is 8.56. The number of hydrogen-bond acceptors (Lipinski definition) is 4. The molecule has 1 fully saturated rings. The van der Waals surface area contributed by atoms with Crippen LogP contribution in [0.2, 0.25) is 0 Å². The summed E-state index contributed by atoms with van der Waals surface area (Å²) in [7, 11) is 1.62. The minimum absolute atomic E-state index is 0.105. The summed E-state index contributed by atoms with van der Waals surface area (Å²) in [6.45, 7) is 0.787. The molecular formula is C29H27N3O2. The normalized spacial score (nSPS) is 16.6. The van der Waals surface area contributed by atoms with E-state index in [1.54, 1.807) is 7.11 Å². The molecule has 0 radical (unpaired) electrons. The summed E-state index contributed by atoms with van der Waals surface area (Å²) in [6, 6.07) is 30.4. The molecule has 1 saturated carbocycles. The van der Waals surface area contributed by atoms with Gasteiger partial charge >= 0.3 is 0 Å². The molecule has 1 heterocycles. The predicted octanol–water partition coefficient (Wildman–Crippen LogP) is 5.66. The first kappa shape index (κ1) is 21.9. The lowest BCUT2D eigenvalue weighted by atomic mass is 10.0. The number of amides is 1. The molecule has 2 atom stereocenters. The van der Waals surface area contributed by atoms with Gasteiger partial charge in [-0.2, -0.15) is 0 Å². The number of nitrogens with zero attached hydrogens (tertiary/aromatic N) is 1. The summed E-state index contributed by atoms with van der Waals surface area (Å²) in [5.41, 5.74) is 6.10. The highest BCUT2D eigenvalue weighted by Gasteiger charge is 2.37. The molecule has 0 spiro atoms. The van der Waals surface area contributed by atoms with Gasteiger partial charge in [-0.25, -0.2) is 4.98 Å². The maximum Gasteiger partial charge on any atom is 0.255 e. The monoisotopic (exact) mass is 449 g/mol. The number of hydrogen-bond donors (Lipinski definition) is 2. The lowest BCUT2D eigenvalue weighted by Crippen LogP contribution is -2.17. The topological polar surface area (TPSA) is 63.2 Å². The number of ether oxygens (including phenoxy) is 1. The molecule has 2 N–H and O–H groups in total. The second-order valence-corrected chi connectivity index (χ2v) is 8.56. The smallest absolute Gasteiger partial charge is 0.255 e.